The molecule has 0 aliphatic carbocycles. The number of hydrogen-bond donors (Lipinski definition) is 2. The van der Waals surface area contributed by atoms with Crippen molar-refractivity contribution in [3.8, 4) is 0 Å². The summed E-state index contributed by atoms with van der Waals surface area (Å²) in [6.07, 6.45) is 1.14. The summed E-state index contributed by atoms with van der Waals surface area (Å²) < 4.78 is 27.7. The Hall–Kier alpha value is -0.950. The van der Waals surface area contributed by atoms with E-state index in [0.717, 1.165) is 19.5 Å². The van der Waals surface area contributed by atoms with Gasteiger partial charge >= 0.3 is 0 Å². The van der Waals surface area contributed by atoms with E-state index in [0.29, 0.717) is 12.0 Å². The Labute approximate surface area is 138 Å². The van der Waals surface area contributed by atoms with Gasteiger partial charge in [-0.05, 0) is 37.6 Å². The second-order valence-electron chi connectivity index (χ2n) is 5.50. The predicted octanol–water partition coefficient (Wildman–Crippen LogP) is 1.98. The monoisotopic (exact) mass is 346 g/mol. The molecule has 0 amide bonds. The van der Waals surface area contributed by atoms with Crippen LogP contribution in [0.25, 0.3) is 0 Å². The molecule has 1 aromatic carbocycles. The van der Waals surface area contributed by atoms with Crippen molar-refractivity contribution in [2.24, 2.45) is 5.92 Å². The van der Waals surface area contributed by atoms with Crippen LogP contribution in [0.4, 0.5) is 0 Å². The zero-order chi connectivity index (χ0) is 15.5. The van der Waals surface area contributed by atoms with Crippen LogP contribution in [-0.2, 0) is 10.0 Å². The Kier molecular flexibility index (Phi) is 6.99. The minimum atomic E-state index is -3.59. The zero-order valence-electron chi connectivity index (χ0n) is 12.8. The second kappa shape index (κ2) is 8.06. The Balaban J connectivity index is 0.00000242. The fraction of sp³-hybridized carbons (Fsp3) is 0.533. The highest BCUT2D eigenvalue weighted by Gasteiger charge is 2.26. The van der Waals surface area contributed by atoms with E-state index in [1.807, 2.05) is 6.92 Å². The number of sulfonamides is 1. The normalized spacial score (nSPS) is 21.9. The van der Waals surface area contributed by atoms with Gasteiger partial charge in [0.05, 0.1) is 4.90 Å². The minimum Gasteiger partial charge on any atom is -0.316 e. The standard InChI is InChI=1S/C15H22N2O3S.ClH/c1-3-15(18)12-5-4-6-13(9-12)21(19,20)17-14-7-8-16-10-11(14)2;/h4-6,9,11,14,16-17H,3,7-8,10H2,1-2H3;1H. The minimum absolute atomic E-state index is 0. The van der Waals surface area contributed by atoms with Crippen molar-refractivity contribution in [2.75, 3.05) is 13.1 Å². The number of nitrogens with one attached hydrogen (secondary N) is 2. The van der Waals surface area contributed by atoms with Gasteiger partial charge in [-0.3, -0.25) is 4.79 Å². The van der Waals surface area contributed by atoms with Gasteiger partial charge in [-0.25, -0.2) is 13.1 Å². The average molecular weight is 347 g/mol. The number of rotatable bonds is 5. The second-order valence-corrected chi connectivity index (χ2v) is 7.22. The number of carbonyl (C=O) groups excluding carboxylic acids is 1. The summed E-state index contributed by atoms with van der Waals surface area (Å²) in [6.45, 7) is 5.41. The van der Waals surface area contributed by atoms with E-state index < -0.39 is 10.0 Å². The van der Waals surface area contributed by atoms with Gasteiger partial charge in [-0.2, -0.15) is 0 Å². The Morgan fingerprint density at radius 1 is 1.41 bits per heavy atom. The molecule has 22 heavy (non-hydrogen) atoms. The van der Waals surface area contributed by atoms with Crippen LogP contribution in [0.3, 0.4) is 0 Å². The number of piperidine rings is 1. The van der Waals surface area contributed by atoms with Crippen LogP contribution in [0.2, 0.25) is 0 Å². The first-order chi connectivity index (χ1) is 9.94. The molecule has 5 nitrogen and oxygen atoms in total. The van der Waals surface area contributed by atoms with Crippen molar-refractivity contribution >= 4 is 28.2 Å². The smallest absolute Gasteiger partial charge is 0.240 e. The van der Waals surface area contributed by atoms with Gasteiger partial charge < -0.3 is 5.32 Å². The lowest BCUT2D eigenvalue weighted by atomic mass is 9.97. The van der Waals surface area contributed by atoms with Crippen molar-refractivity contribution in [3.63, 3.8) is 0 Å². The van der Waals surface area contributed by atoms with Gasteiger partial charge in [0.1, 0.15) is 0 Å². The molecule has 2 rings (SSSR count). The zero-order valence-corrected chi connectivity index (χ0v) is 14.5. The van der Waals surface area contributed by atoms with Crippen LogP contribution >= 0.6 is 12.4 Å². The summed E-state index contributed by atoms with van der Waals surface area (Å²) in [7, 11) is -3.59. The topological polar surface area (TPSA) is 75.3 Å². The fourth-order valence-electron chi connectivity index (χ4n) is 2.50. The van der Waals surface area contributed by atoms with Crippen LogP contribution in [0, 0.1) is 5.92 Å². The number of benzene rings is 1. The molecule has 2 N–H and O–H groups in total. The number of hydrogen-bond acceptors (Lipinski definition) is 4. The molecule has 0 radical (unpaired) electrons. The Bertz CT molecular complexity index is 619. The number of carbonyl (C=O) groups is 1. The highest BCUT2D eigenvalue weighted by atomic mass is 35.5. The number of Topliss-reactive ketones (excluding diaryl/α,β-unsaturated/α-hetero) is 1. The quantitative estimate of drug-likeness (QED) is 0.799. The highest BCUT2D eigenvalue weighted by Crippen LogP contribution is 2.17. The summed E-state index contributed by atoms with van der Waals surface area (Å²) in [5.74, 6) is 0.191. The third-order valence-electron chi connectivity index (χ3n) is 3.88. The summed E-state index contributed by atoms with van der Waals surface area (Å²) in [5.41, 5.74) is 0.443. The van der Waals surface area contributed by atoms with E-state index in [1.54, 1.807) is 19.1 Å². The van der Waals surface area contributed by atoms with Gasteiger partial charge in [-0.15, -0.1) is 12.4 Å². The van der Waals surface area contributed by atoms with Gasteiger partial charge in [-0.1, -0.05) is 26.0 Å². The maximum atomic E-state index is 12.5. The molecule has 1 aromatic rings. The molecular formula is C15H23ClN2O3S. The van der Waals surface area contributed by atoms with Crippen molar-refractivity contribution in [1.29, 1.82) is 0 Å². The molecular weight excluding hydrogens is 324 g/mol. The maximum Gasteiger partial charge on any atom is 0.240 e. The summed E-state index contributed by atoms with van der Waals surface area (Å²) in [6, 6.07) is 6.18. The van der Waals surface area contributed by atoms with Gasteiger partial charge in [0.2, 0.25) is 10.0 Å². The van der Waals surface area contributed by atoms with Gasteiger partial charge in [0.25, 0.3) is 0 Å². The van der Waals surface area contributed by atoms with Crippen LogP contribution in [-0.4, -0.2) is 33.3 Å². The summed E-state index contributed by atoms with van der Waals surface area (Å²) in [4.78, 5) is 11.9. The molecule has 1 aliphatic rings. The lowest BCUT2D eigenvalue weighted by Crippen LogP contribution is -2.48. The molecule has 0 saturated carbocycles. The summed E-state index contributed by atoms with van der Waals surface area (Å²) in [5, 5.41) is 3.24. The molecule has 0 aromatic heterocycles. The van der Waals surface area contributed by atoms with Gasteiger partial charge in [0.15, 0.2) is 5.78 Å². The van der Waals surface area contributed by atoms with Crippen LogP contribution in [0.1, 0.15) is 37.0 Å². The molecule has 0 spiro atoms. The van der Waals surface area contributed by atoms with Crippen LogP contribution in [0.5, 0.6) is 0 Å². The molecule has 7 heteroatoms. The molecule has 2 atom stereocenters. The third kappa shape index (κ3) is 4.52. The molecule has 0 bridgehead atoms. The van der Waals surface area contributed by atoms with Crippen molar-refractivity contribution in [3.05, 3.63) is 29.8 Å². The van der Waals surface area contributed by atoms with Crippen molar-refractivity contribution < 1.29 is 13.2 Å². The Morgan fingerprint density at radius 3 is 2.77 bits per heavy atom. The van der Waals surface area contributed by atoms with E-state index in [4.69, 9.17) is 0 Å². The van der Waals surface area contributed by atoms with E-state index in [9.17, 15) is 13.2 Å². The number of ketones is 1. The number of halogens is 1. The lowest BCUT2D eigenvalue weighted by molar-refractivity contribution is 0.0988. The van der Waals surface area contributed by atoms with Crippen molar-refractivity contribution in [1.82, 2.24) is 10.0 Å². The summed E-state index contributed by atoms with van der Waals surface area (Å²) >= 11 is 0. The lowest BCUT2D eigenvalue weighted by Gasteiger charge is -2.30. The molecule has 124 valence electrons. The molecule has 1 heterocycles. The maximum absolute atomic E-state index is 12.5. The first kappa shape index (κ1) is 19.1. The molecule has 1 fully saturated rings. The van der Waals surface area contributed by atoms with E-state index in [2.05, 4.69) is 10.0 Å². The largest absolute Gasteiger partial charge is 0.316 e. The molecule has 2 unspecified atom stereocenters. The SMILES string of the molecule is CCC(=O)c1cccc(S(=O)(=O)NC2CCNCC2C)c1.Cl. The molecule has 1 aliphatic heterocycles. The van der Waals surface area contributed by atoms with Crippen molar-refractivity contribution in [2.45, 2.75) is 37.6 Å². The third-order valence-corrected chi connectivity index (χ3v) is 5.37. The van der Waals surface area contributed by atoms with E-state index in [1.165, 1.54) is 12.1 Å². The average Bonchev–Trinajstić information content (AvgIpc) is 2.49. The Morgan fingerprint density at radius 2 is 2.14 bits per heavy atom. The van der Waals surface area contributed by atoms with E-state index in [-0.39, 0.29) is 35.0 Å². The van der Waals surface area contributed by atoms with Crippen LogP contribution in [0.15, 0.2) is 29.2 Å². The van der Waals surface area contributed by atoms with Gasteiger partial charge in [0, 0.05) is 18.0 Å². The van der Waals surface area contributed by atoms with E-state index >= 15 is 0 Å². The first-order valence-electron chi connectivity index (χ1n) is 7.30. The highest BCUT2D eigenvalue weighted by molar-refractivity contribution is 7.89. The first-order valence-corrected chi connectivity index (χ1v) is 8.78. The predicted molar refractivity (Wildman–Crippen MR) is 89.1 cm³/mol. The van der Waals surface area contributed by atoms with Crippen LogP contribution < -0.4 is 10.0 Å². The fourth-order valence-corrected chi connectivity index (χ4v) is 3.92. The molecule has 1 saturated heterocycles.